The fourth-order valence-electron chi connectivity index (χ4n) is 1.11. The Hall–Kier alpha value is -1.64. The molecule has 16 heavy (non-hydrogen) atoms. The largest absolute Gasteiger partial charge is 1.00 e. The molecule has 0 fully saturated rings. The van der Waals surface area contributed by atoms with E-state index in [0.717, 1.165) is 11.4 Å². The van der Waals surface area contributed by atoms with Crippen LogP contribution in [0.4, 0.5) is 11.4 Å². The Labute approximate surface area is 105 Å². The summed E-state index contributed by atoms with van der Waals surface area (Å²) in [5.74, 6) is 0. The van der Waals surface area contributed by atoms with Gasteiger partial charge in [0.1, 0.15) is 0 Å². The van der Waals surface area contributed by atoms with Crippen molar-refractivity contribution < 1.29 is 17.1 Å². The van der Waals surface area contributed by atoms with E-state index < -0.39 is 0 Å². The summed E-state index contributed by atoms with van der Waals surface area (Å²) in [6.45, 7) is 0. The first-order valence-electron chi connectivity index (χ1n) is 4.67. The van der Waals surface area contributed by atoms with Gasteiger partial charge in [0.25, 0.3) is 0 Å². The Morgan fingerprint density at radius 3 is 1.94 bits per heavy atom. The van der Waals surface area contributed by atoms with E-state index in [-0.39, 0.29) is 17.1 Å². The monoisotopic (exact) mass is 259 g/mol. The molecule has 3 nitrogen and oxygen atoms in total. The van der Waals surface area contributed by atoms with Crippen molar-refractivity contribution in [3.63, 3.8) is 0 Å². The molecule has 4 heteroatoms. The molecule has 0 saturated carbocycles. The topological polar surface area (TPSA) is 38.8 Å². The Bertz CT molecular complexity index is 429. The summed E-state index contributed by atoms with van der Waals surface area (Å²) in [5, 5.41) is 7.72. The molecule has 0 heterocycles. The zero-order chi connectivity index (χ0) is 10.3. The second-order valence-corrected chi connectivity index (χ2v) is 2.96. The van der Waals surface area contributed by atoms with Crippen molar-refractivity contribution in [1.29, 1.82) is 0 Å². The van der Waals surface area contributed by atoms with E-state index in [0.29, 0.717) is 0 Å². The molecule has 2 rings (SSSR count). The Balaban J connectivity index is 0.00000128. The van der Waals surface area contributed by atoms with Gasteiger partial charge in [-0.25, -0.2) is 0 Å². The van der Waals surface area contributed by atoms with Crippen molar-refractivity contribution >= 4 is 11.4 Å². The molecule has 0 N–H and O–H groups in total. The summed E-state index contributed by atoms with van der Waals surface area (Å²) >= 11 is 0. The maximum atomic E-state index is 3.96. The summed E-state index contributed by atoms with van der Waals surface area (Å²) in [6, 6.07) is 19.0. The third-order valence-corrected chi connectivity index (χ3v) is 1.83. The quantitative estimate of drug-likeness (QED) is 0.446. The van der Waals surface area contributed by atoms with Gasteiger partial charge in [-0.3, -0.25) is 5.22 Å². The number of nitrogens with zero attached hydrogens (tertiary/aromatic N) is 3. The maximum absolute atomic E-state index is 3.96. The predicted octanol–water partition coefficient (Wildman–Crippen LogP) is 4.39. The van der Waals surface area contributed by atoms with Crippen molar-refractivity contribution in [2.75, 3.05) is 0 Å². The van der Waals surface area contributed by atoms with Crippen LogP contribution < -0.4 is 0 Å². The molecule has 0 aromatic heterocycles. The van der Waals surface area contributed by atoms with Gasteiger partial charge in [0.2, 0.25) is 0 Å². The molecule has 0 unspecified atom stereocenters. The normalized spacial score (nSPS) is 9.75. The summed E-state index contributed by atoms with van der Waals surface area (Å²) < 4.78 is 0. The van der Waals surface area contributed by atoms with E-state index in [4.69, 9.17) is 0 Å². The van der Waals surface area contributed by atoms with Crippen LogP contribution in [0.15, 0.2) is 71.0 Å². The predicted molar refractivity (Wildman–Crippen MR) is 60.4 cm³/mol. The van der Waals surface area contributed by atoms with Gasteiger partial charge in [-0.15, -0.1) is 0 Å². The maximum Gasteiger partial charge on any atom is 1.00 e. The van der Waals surface area contributed by atoms with Crippen molar-refractivity contribution in [2.45, 2.75) is 0 Å². The molecule has 0 saturated heterocycles. The standard InChI is InChI=1S/C12H10N3.Cu/c1-3-7-11(8-4-1)13-15-14-12-9-5-2-6-10-12;/h1-10H;/q-1;+1. The van der Waals surface area contributed by atoms with Crippen molar-refractivity contribution in [1.82, 2.24) is 0 Å². The molecule has 84 valence electrons. The molecule has 0 atom stereocenters. The molecule has 0 aliphatic heterocycles. The van der Waals surface area contributed by atoms with Gasteiger partial charge in [-0.2, -0.15) is 0 Å². The van der Waals surface area contributed by atoms with Crippen LogP contribution in [0.25, 0.3) is 5.43 Å². The number of rotatable bonds is 3. The van der Waals surface area contributed by atoms with E-state index >= 15 is 0 Å². The van der Waals surface area contributed by atoms with Gasteiger partial charge < -0.3 is 10.5 Å². The zero-order valence-corrected chi connectivity index (χ0v) is 9.36. The molecule has 2 aromatic carbocycles. The third kappa shape index (κ3) is 3.85. The SMILES string of the molecule is [Cu+].c1ccc(N=N[N-]c2ccccc2)cc1. The average molecular weight is 260 g/mol. The molecule has 0 amide bonds. The van der Waals surface area contributed by atoms with Crippen LogP contribution >= 0.6 is 0 Å². The van der Waals surface area contributed by atoms with E-state index in [1.165, 1.54) is 0 Å². The van der Waals surface area contributed by atoms with Crippen molar-refractivity contribution in [2.24, 2.45) is 10.3 Å². The van der Waals surface area contributed by atoms with Gasteiger partial charge in [0, 0.05) is 0 Å². The van der Waals surface area contributed by atoms with Crippen LogP contribution in [0.5, 0.6) is 0 Å². The third-order valence-electron chi connectivity index (χ3n) is 1.83. The molecular weight excluding hydrogens is 250 g/mol. The summed E-state index contributed by atoms with van der Waals surface area (Å²) in [7, 11) is 0. The van der Waals surface area contributed by atoms with E-state index in [1.54, 1.807) is 0 Å². The van der Waals surface area contributed by atoms with Crippen molar-refractivity contribution in [3.05, 3.63) is 66.1 Å². The summed E-state index contributed by atoms with van der Waals surface area (Å²) in [6.07, 6.45) is 0. The smallest absolute Gasteiger partial charge is 0.350 e. The Kier molecular flexibility index (Phi) is 5.26. The van der Waals surface area contributed by atoms with E-state index in [2.05, 4.69) is 15.8 Å². The Morgan fingerprint density at radius 2 is 1.31 bits per heavy atom. The minimum Gasteiger partial charge on any atom is -0.350 e. The molecular formula is C12H10CuN3. The van der Waals surface area contributed by atoms with Crippen molar-refractivity contribution in [3.8, 4) is 0 Å². The van der Waals surface area contributed by atoms with Gasteiger partial charge in [0.05, 0.1) is 0 Å². The van der Waals surface area contributed by atoms with Gasteiger partial charge >= 0.3 is 17.1 Å². The van der Waals surface area contributed by atoms with E-state index in [1.807, 2.05) is 60.7 Å². The van der Waals surface area contributed by atoms with Crippen LogP contribution in [-0.2, 0) is 17.1 Å². The summed E-state index contributed by atoms with van der Waals surface area (Å²) in [5.41, 5.74) is 5.57. The first-order chi connectivity index (χ1) is 7.45. The van der Waals surface area contributed by atoms with Crippen LogP contribution in [0.2, 0.25) is 0 Å². The van der Waals surface area contributed by atoms with Gasteiger partial charge in [0.15, 0.2) is 0 Å². The number of hydrogen-bond acceptors (Lipinski definition) is 2. The first kappa shape index (κ1) is 12.4. The molecule has 0 aliphatic rings. The second kappa shape index (κ2) is 6.77. The summed E-state index contributed by atoms with van der Waals surface area (Å²) in [4.78, 5) is 0. The fourth-order valence-corrected chi connectivity index (χ4v) is 1.11. The molecule has 2 aromatic rings. The van der Waals surface area contributed by atoms with Crippen LogP contribution in [0.3, 0.4) is 0 Å². The second-order valence-electron chi connectivity index (χ2n) is 2.96. The van der Waals surface area contributed by atoms with Gasteiger partial charge in [-0.05, 0) is 11.4 Å². The van der Waals surface area contributed by atoms with Crippen LogP contribution in [0, 0.1) is 0 Å². The number of hydrogen-bond donors (Lipinski definition) is 0. The van der Waals surface area contributed by atoms with Crippen LogP contribution in [0.1, 0.15) is 0 Å². The average Bonchev–Trinajstić information content (AvgIpc) is 2.32. The zero-order valence-electron chi connectivity index (χ0n) is 8.42. The molecule has 0 bridgehead atoms. The molecule has 0 spiro atoms. The van der Waals surface area contributed by atoms with E-state index in [9.17, 15) is 0 Å². The Morgan fingerprint density at radius 1 is 0.750 bits per heavy atom. The first-order valence-corrected chi connectivity index (χ1v) is 4.67. The molecule has 0 radical (unpaired) electrons. The fraction of sp³-hybridized carbons (Fsp3) is 0. The minimum absolute atomic E-state index is 0. The minimum atomic E-state index is 0. The number of benzene rings is 2. The van der Waals surface area contributed by atoms with Crippen LogP contribution in [-0.4, -0.2) is 0 Å². The van der Waals surface area contributed by atoms with Gasteiger partial charge in [-0.1, -0.05) is 60.7 Å². The molecule has 0 aliphatic carbocycles.